The lowest BCUT2D eigenvalue weighted by molar-refractivity contribution is -0.137. The van der Waals surface area contributed by atoms with E-state index in [1.54, 1.807) is 0 Å². The summed E-state index contributed by atoms with van der Waals surface area (Å²) >= 11 is 0. The molecule has 100 valence electrons. The Morgan fingerprint density at radius 1 is 1.35 bits per heavy atom. The van der Waals surface area contributed by atoms with Crippen molar-refractivity contribution < 1.29 is 9.90 Å². The molecule has 1 heterocycles. The number of likely N-dealkylation sites (tertiary alicyclic amines) is 1. The van der Waals surface area contributed by atoms with Crippen LogP contribution in [0.5, 0.6) is 0 Å². The Kier molecular flexibility index (Phi) is 4.95. The zero-order chi connectivity index (χ0) is 13.1. The number of rotatable bonds is 4. The lowest BCUT2D eigenvalue weighted by Crippen LogP contribution is -2.52. The van der Waals surface area contributed by atoms with Gasteiger partial charge in [0.2, 0.25) is 0 Å². The van der Waals surface area contributed by atoms with Gasteiger partial charge >= 0.3 is 5.97 Å². The molecule has 1 aliphatic rings. The highest BCUT2D eigenvalue weighted by molar-refractivity contribution is 5.66. The third-order valence-corrected chi connectivity index (χ3v) is 3.56. The molecule has 0 aromatic heterocycles. The summed E-state index contributed by atoms with van der Waals surface area (Å²) < 4.78 is 0. The molecule has 0 atom stereocenters. The molecular weight excluding hydrogens is 216 g/mol. The van der Waals surface area contributed by atoms with E-state index in [9.17, 15) is 4.79 Å². The first-order valence-electron chi connectivity index (χ1n) is 6.48. The monoisotopic (exact) mass is 242 g/mol. The smallest absolute Gasteiger partial charge is 0.304 e. The predicted octanol–water partition coefficient (Wildman–Crippen LogP) is 1.66. The summed E-state index contributed by atoms with van der Waals surface area (Å²) in [5.41, 5.74) is 0.0516. The van der Waals surface area contributed by atoms with Crippen molar-refractivity contribution in [2.45, 2.75) is 51.6 Å². The van der Waals surface area contributed by atoms with Crippen LogP contribution in [0.1, 0.15) is 40.0 Å². The average molecular weight is 242 g/mol. The maximum absolute atomic E-state index is 10.7. The van der Waals surface area contributed by atoms with Crippen LogP contribution in [0, 0.1) is 0 Å². The van der Waals surface area contributed by atoms with Gasteiger partial charge in [-0.15, -0.1) is 0 Å². The van der Waals surface area contributed by atoms with Crippen molar-refractivity contribution in [2.75, 3.05) is 26.7 Å². The van der Waals surface area contributed by atoms with Crippen LogP contribution in [-0.2, 0) is 4.79 Å². The van der Waals surface area contributed by atoms with Gasteiger partial charge in [-0.1, -0.05) is 0 Å². The molecule has 1 saturated heterocycles. The fraction of sp³-hybridized carbons (Fsp3) is 0.923. The first-order chi connectivity index (χ1) is 7.80. The second kappa shape index (κ2) is 5.83. The van der Waals surface area contributed by atoms with Gasteiger partial charge in [0.1, 0.15) is 0 Å². The molecule has 0 aliphatic carbocycles. The van der Waals surface area contributed by atoms with Crippen LogP contribution < -0.4 is 0 Å². The van der Waals surface area contributed by atoms with Crippen molar-refractivity contribution in [3.8, 4) is 0 Å². The Balaban J connectivity index is 2.60. The number of piperidine rings is 1. The van der Waals surface area contributed by atoms with E-state index >= 15 is 0 Å². The second-order valence-electron chi connectivity index (χ2n) is 6.04. The van der Waals surface area contributed by atoms with E-state index in [1.807, 2.05) is 0 Å². The molecule has 1 rings (SSSR count). The average Bonchev–Trinajstić information content (AvgIpc) is 2.18. The third kappa shape index (κ3) is 4.64. The third-order valence-electron chi connectivity index (χ3n) is 3.56. The van der Waals surface area contributed by atoms with Crippen molar-refractivity contribution in [2.24, 2.45) is 0 Å². The van der Waals surface area contributed by atoms with Gasteiger partial charge < -0.3 is 10.0 Å². The van der Waals surface area contributed by atoms with E-state index in [-0.39, 0.29) is 12.0 Å². The summed E-state index contributed by atoms with van der Waals surface area (Å²) in [5, 5.41) is 8.83. The summed E-state index contributed by atoms with van der Waals surface area (Å²) in [5.74, 6) is -0.702. The normalized spacial score (nSPS) is 19.8. The van der Waals surface area contributed by atoms with E-state index in [2.05, 4.69) is 37.6 Å². The SMILES string of the molecule is CN1CCC(N(CCC(=O)O)C(C)(C)C)CC1. The Morgan fingerprint density at radius 2 is 1.88 bits per heavy atom. The largest absolute Gasteiger partial charge is 0.481 e. The Hall–Kier alpha value is -0.610. The molecule has 0 radical (unpaired) electrons. The predicted molar refractivity (Wildman–Crippen MR) is 69.2 cm³/mol. The lowest BCUT2D eigenvalue weighted by atomic mass is 9.96. The van der Waals surface area contributed by atoms with Crippen LogP contribution in [0.15, 0.2) is 0 Å². The summed E-state index contributed by atoms with van der Waals surface area (Å²) in [6, 6.07) is 0.533. The minimum absolute atomic E-state index is 0.0516. The maximum Gasteiger partial charge on any atom is 0.304 e. The Morgan fingerprint density at radius 3 is 2.29 bits per heavy atom. The number of carbonyl (C=O) groups is 1. The number of hydrogen-bond donors (Lipinski definition) is 1. The van der Waals surface area contributed by atoms with E-state index in [0.29, 0.717) is 12.6 Å². The number of nitrogens with zero attached hydrogens (tertiary/aromatic N) is 2. The van der Waals surface area contributed by atoms with Gasteiger partial charge in [-0.3, -0.25) is 9.69 Å². The lowest BCUT2D eigenvalue weighted by Gasteiger charge is -2.44. The van der Waals surface area contributed by atoms with Gasteiger partial charge in [-0.05, 0) is 53.8 Å². The van der Waals surface area contributed by atoms with Gasteiger partial charge in [-0.2, -0.15) is 0 Å². The minimum Gasteiger partial charge on any atom is -0.481 e. The summed E-state index contributed by atoms with van der Waals surface area (Å²) in [6.45, 7) is 9.41. The molecule has 1 aliphatic heterocycles. The van der Waals surface area contributed by atoms with E-state index in [0.717, 1.165) is 25.9 Å². The number of hydrogen-bond acceptors (Lipinski definition) is 3. The van der Waals surface area contributed by atoms with Gasteiger partial charge in [0, 0.05) is 18.1 Å². The molecule has 4 heteroatoms. The van der Waals surface area contributed by atoms with Gasteiger partial charge in [0.05, 0.1) is 6.42 Å². The van der Waals surface area contributed by atoms with E-state index in [1.165, 1.54) is 0 Å². The molecule has 0 amide bonds. The standard InChI is InChI=1S/C13H26N2O2/c1-13(2,3)15(10-7-12(16)17)11-5-8-14(4)9-6-11/h11H,5-10H2,1-4H3,(H,16,17). The quantitative estimate of drug-likeness (QED) is 0.814. The zero-order valence-electron chi connectivity index (χ0n) is 11.6. The molecule has 0 bridgehead atoms. The summed E-state index contributed by atoms with van der Waals surface area (Å²) in [7, 11) is 2.15. The molecule has 0 saturated carbocycles. The fourth-order valence-corrected chi connectivity index (χ4v) is 2.59. The van der Waals surface area contributed by atoms with Crippen molar-refractivity contribution in [1.82, 2.24) is 9.80 Å². The van der Waals surface area contributed by atoms with Crippen LogP contribution in [-0.4, -0.2) is 59.1 Å². The first-order valence-corrected chi connectivity index (χ1v) is 6.48. The second-order valence-corrected chi connectivity index (χ2v) is 6.04. The zero-order valence-corrected chi connectivity index (χ0v) is 11.6. The minimum atomic E-state index is -0.702. The molecule has 0 unspecified atom stereocenters. The molecule has 0 aromatic carbocycles. The van der Waals surface area contributed by atoms with Crippen LogP contribution in [0.2, 0.25) is 0 Å². The highest BCUT2D eigenvalue weighted by atomic mass is 16.4. The molecular formula is C13H26N2O2. The molecule has 17 heavy (non-hydrogen) atoms. The van der Waals surface area contributed by atoms with Crippen molar-refractivity contribution >= 4 is 5.97 Å². The molecule has 0 spiro atoms. The summed E-state index contributed by atoms with van der Waals surface area (Å²) in [4.78, 5) is 15.4. The van der Waals surface area contributed by atoms with Crippen LogP contribution in [0.4, 0.5) is 0 Å². The highest BCUT2D eigenvalue weighted by Crippen LogP contribution is 2.24. The fourth-order valence-electron chi connectivity index (χ4n) is 2.59. The number of carboxylic acids is 1. The topological polar surface area (TPSA) is 43.8 Å². The van der Waals surface area contributed by atoms with Crippen molar-refractivity contribution in [1.29, 1.82) is 0 Å². The van der Waals surface area contributed by atoms with Gasteiger partial charge in [0.15, 0.2) is 0 Å². The van der Waals surface area contributed by atoms with Crippen LogP contribution >= 0.6 is 0 Å². The van der Waals surface area contributed by atoms with E-state index < -0.39 is 5.97 Å². The molecule has 4 nitrogen and oxygen atoms in total. The van der Waals surface area contributed by atoms with Gasteiger partial charge in [0.25, 0.3) is 0 Å². The summed E-state index contributed by atoms with van der Waals surface area (Å²) in [6.07, 6.45) is 2.53. The molecule has 0 aromatic rings. The van der Waals surface area contributed by atoms with Crippen LogP contribution in [0.3, 0.4) is 0 Å². The number of carboxylic acid groups (broad SMARTS) is 1. The first kappa shape index (κ1) is 14.5. The molecule has 1 fully saturated rings. The Labute approximate surface area is 105 Å². The maximum atomic E-state index is 10.7. The van der Waals surface area contributed by atoms with E-state index in [4.69, 9.17) is 5.11 Å². The Bertz CT molecular complexity index is 253. The molecule has 1 N–H and O–H groups in total. The number of aliphatic carboxylic acids is 1. The van der Waals surface area contributed by atoms with Gasteiger partial charge in [-0.25, -0.2) is 0 Å². The highest BCUT2D eigenvalue weighted by Gasteiger charge is 2.30. The van der Waals surface area contributed by atoms with Crippen LogP contribution in [0.25, 0.3) is 0 Å². The van der Waals surface area contributed by atoms with Crippen molar-refractivity contribution in [3.05, 3.63) is 0 Å². The van der Waals surface area contributed by atoms with Crippen molar-refractivity contribution in [3.63, 3.8) is 0 Å².